The van der Waals surface area contributed by atoms with E-state index in [1.54, 1.807) is 25.0 Å². The molecule has 1 aliphatic rings. The van der Waals surface area contributed by atoms with E-state index < -0.39 is 17.8 Å². The molecule has 2 aromatic heterocycles. The molecule has 1 atom stereocenters. The number of halogens is 1. The predicted octanol–water partition coefficient (Wildman–Crippen LogP) is 1.51. The Bertz CT molecular complexity index is 1060. The summed E-state index contributed by atoms with van der Waals surface area (Å²) in [4.78, 5) is 26.9. The number of carbonyl (C=O) groups excluding carboxylic acids is 2. The van der Waals surface area contributed by atoms with E-state index in [4.69, 9.17) is 0 Å². The lowest BCUT2D eigenvalue weighted by atomic mass is 10.1. The van der Waals surface area contributed by atoms with E-state index in [1.165, 1.54) is 15.8 Å². The number of nitrogens with one attached hydrogen (secondary N) is 1. The summed E-state index contributed by atoms with van der Waals surface area (Å²) in [6.45, 7) is 0.345. The summed E-state index contributed by atoms with van der Waals surface area (Å²) in [5.41, 5.74) is 2.12. The van der Waals surface area contributed by atoms with Crippen LogP contribution in [0.4, 0.5) is 10.1 Å². The Hall–Kier alpha value is -3.49. The maximum absolute atomic E-state index is 14.3. The Balaban J connectivity index is 1.48. The molecule has 150 valence electrons. The molecular weight excluding hydrogens is 375 g/mol. The fraction of sp³-hybridized carbons (Fsp3) is 0.300. The zero-order chi connectivity index (χ0) is 20.5. The van der Waals surface area contributed by atoms with Crippen molar-refractivity contribution >= 4 is 17.5 Å². The van der Waals surface area contributed by atoms with Crippen LogP contribution in [0, 0.1) is 5.82 Å². The molecule has 0 fully saturated rings. The van der Waals surface area contributed by atoms with E-state index in [2.05, 4.69) is 15.5 Å². The number of hydrogen-bond donors (Lipinski definition) is 1. The molecule has 0 radical (unpaired) electrons. The van der Waals surface area contributed by atoms with Crippen molar-refractivity contribution in [3.05, 3.63) is 65.5 Å². The Morgan fingerprint density at radius 1 is 1.21 bits per heavy atom. The third-order valence-electron chi connectivity index (χ3n) is 4.97. The standard InChI is InChI=1S/C20H21FN6O2/c1-25-12-17-15(23-25)8-9-16(20(29)26(17)2)22-19(28)18-14(21)11-27(24-18)10-13-6-4-3-5-7-13/h3-7,11-12,16H,8-10H2,1-2H3,(H,22,28)/t16-/m1/s1. The van der Waals surface area contributed by atoms with Crippen LogP contribution in [0.2, 0.25) is 0 Å². The summed E-state index contributed by atoms with van der Waals surface area (Å²) in [5, 5.41) is 11.1. The van der Waals surface area contributed by atoms with E-state index in [0.717, 1.165) is 11.3 Å². The highest BCUT2D eigenvalue weighted by Crippen LogP contribution is 2.24. The van der Waals surface area contributed by atoms with Gasteiger partial charge in [0.2, 0.25) is 5.91 Å². The fourth-order valence-corrected chi connectivity index (χ4v) is 3.50. The first-order valence-electron chi connectivity index (χ1n) is 9.30. The van der Waals surface area contributed by atoms with Crippen molar-refractivity contribution in [2.24, 2.45) is 7.05 Å². The topological polar surface area (TPSA) is 85.1 Å². The Morgan fingerprint density at radius 2 is 1.97 bits per heavy atom. The van der Waals surface area contributed by atoms with Gasteiger partial charge in [-0.3, -0.25) is 19.0 Å². The second-order valence-electron chi connectivity index (χ2n) is 7.11. The van der Waals surface area contributed by atoms with Crippen molar-refractivity contribution in [1.82, 2.24) is 24.9 Å². The van der Waals surface area contributed by atoms with Crippen LogP contribution in [-0.2, 0) is 24.8 Å². The fourth-order valence-electron chi connectivity index (χ4n) is 3.50. The van der Waals surface area contributed by atoms with Gasteiger partial charge in [-0.15, -0.1) is 0 Å². The normalized spacial score (nSPS) is 16.4. The maximum Gasteiger partial charge on any atom is 0.275 e. The molecule has 8 nitrogen and oxygen atoms in total. The second kappa shape index (κ2) is 7.50. The van der Waals surface area contributed by atoms with Gasteiger partial charge in [-0.05, 0) is 18.4 Å². The highest BCUT2D eigenvalue weighted by atomic mass is 19.1. The quantitative estimate of drug-likeness (QED) is 0.725. The number of amides is 2. The van der Waals surface area contributed by atoms with Gasteiger partial charge in [-0.2, -0.15) is 10.2 Å². The van der Waals surface area contributed by atoms with Crippen LogP contribution < -0.4 is 10.2 Å². The van der Waals surface area contributed by atoms with E-state index in [-0.39, 0.29) is 11.6 Å². The third kappa shape index (κ3) is 3.75. The zero-order valence-corrected chi connectivity index (χ0v) is 16.2. The van der Waals surface area contributed by atoms with E-state index >= 15 is 0 Å². The zero-order valence-electron chi connectivity index (χ0n) is 16.2. The number of carbonyl (C=O) groups is 2. The number of nitrogens with zero attached hydrogens (tertiary/aromatic N) is 5. The van der Waals surface area contributed by atoms with E-state index in [0.29, 0.717) is 25.1 Å². The summed E-state index contributed by atoms with van der Waals surface area (Å²) in [7, 11) is 3.43. The summed E-state index contributed by atoms with van der Waals surface area (Å²) in [6.07, 6.45) is 3.86. The van der Waals surface area contributed by atoms with Gasteiger partial charge in [-0.1, -0.05) is 30.3 Å². The number of anilines is 1. The molecule has 3 aromatic rings. The molecule has 1 aromatic carbocycles. The van der Waals surface area contributed by atoms with Crippen molar-refractivity contribution in [1.29, 1.82) is 0 Å². The molecule has 9 heteroatoms. The van der Waals surface area contributed by atoms with Crippen LogP contribution in [0.25, 0.3) is 0 Å². The van der Waals surface area contributed by atoms with Gasteiger partial charge in [0.15, 0.2) is 11.5 Å². The van der Waals surface area contributed by atoms with Crippen LogP contribution in [-0.4, -0.2) is 44.5 Å². The molecule has 0 saturated carbocycles. The minimum atomic E-state index is -0.773. The lowest BCUT2D eigenvalue weighted by molar-refractivity contribution is -0.120. The molecule has 2 amide bonds. The molecule has 0 unspecified atom stereocenters. The average Bonchev–Trinajstić information content (AvgIpc) is 3.23. The molecule has 0 spiro atoms. The van der Waals surface area contributed by atoms with Gasteiger partial charge in [0, 0.05) is 20.3 Å². The van der Waals surface area contributed by atoms with Crippen molar-refractivity contribution in [2.75, 3.05) is 11.9 Å². The monoisotopic (exact) mass is 396 g/mol. The lowest BCUT2D eigenvalue weighted by Crippen LogP contribution is -2.47. The van der Waals surface area contributed by atoms with Crippen LogP contribution in [0.5, 0.6) is 0 Å². The lowest BCUT2D eigenvalue weighted by Gasteiger charge is -2.20. The predicted molar refractivity (Wildman–Crippen MR) is 104 cm³/mol. The molecule has 0 aliphatic carbocycles. The van der Waals surface area contributed by atoms with Gasteiger partial charge in [0.25, 0.3) is 5.91 Å². The van der Waals surface area contributed by atoms with Crippen LogP contribution >= 0.6 is 0 Å². The molecule has 1 N–H and O–H groups in total. The highest BCUT2D eigenvalue weighted by Gasteiger charge is 2.32. The van der Waals surface area contributed by atoms with Crippen LogP contribution in [0.15, 0.2) is 42.7 Å². The third-order valence-corrected chi connectivity index (χ3v) is 4.97. The first-order chi connectivity index (χ1) is 13.9. The van der Waals surface area contributed by atoms with Crippen molar-refractivity contribution < 1.29 is 14.0 Å². The van der Waals surface area contributed by atoms with Gasteiger partial charge in [0.1, 0.15) is 6.04 Å². The minimum Gasteiger partial charge on any atom is -0.339 e. The van der Waals surface area contributed by atoms with Crippen molar-refractivity contribution in [3.8, 4) is 0 Å². The number of fused-ring (bicyclic) bond motifs is 1. The van der Waals surface area contributed by atoms with E-state index in [1.807, 2.05) is 30.3 Å². The molecule has 1 aliphatic heterocycles. The molecule has 0 bridgehead atoms. The second-order valence-corrected chi connectivity index (χ2v) is 7.11. The maximum atomic E-state index is 14.3. The Labute approximate surface area is 166 Å². The number of aromatic nitrogens is 4. The van der Waals surface area contributed by atoms with Gasteiger partial charge in [0.05, 0.1) is 24.1 Å². The van der Waals surface area contributed by atoms with Gasteiger partial charge in [-0.25, -0.2) is 4.39 Å². The molecular formula is C20H21FN6O2. The summed E-state index contributed by atoms with van der Waals surface area (Å²) < 4.78 is 17.4. The summed E-state index contributed by atoms with van der Waals surface area (Å²) in [5.74, 6) is -1.70. The number of aryl methyl sites for hydroxylation is 2. The Kier molecular flexibility index (Phi) is 4.87. The molecule has 29 heavy (non-hydrogen) atoms. The SMILES string of the molecule is CN1C(=O)[C@H](NC(=O)c2nn(Cc3ccccc3)cc2F)CCc2nn(C)cc21. The first-order valence-corrected chi connectivity index (χ1v) is 9.30. The summed E-state index contributed by atoms with van der Waals surface area (Å²) in [6, 6.07) is 8.66. The number of hydrogen-bond acceptors (Lipinski definition) is 4. The number of rotatable bonds is 4. The van der Waals surface area contributed by atoms with Crippen LogP contribution in [0.1, 0.15) is 28.2 Å². The highest BCUT2D eigenvalue weighted by molar-refractivity contribution is 6.02. The van der Waals surface area contributed by atoms with E-state index in [9.17, 15) is 14.0 Å². The molecule has 0 saturated heterocycles. The first kappa shape index (κ1) is 18.9. The Morgan fingerprint density at radius 3 is 2.72 bits per heavy atom. The summed E-state index contributed by atoms with van der Waals surface area (Å²) >= 11 is 0. The van der Waals surface area contributed by atoms with Crippen molar-refractivity contribution in [2.45, 2.75) is 25.4 Å². The van der Waals surface area contributed by atoms with Crippen molar-refractivity contribution in [3.63, 3.8) is 0 Å². The average molecular weight is 396 g/mol. The smallest absolute Gasteiger partial charge is 0.275 e. The molecule has 4 rings (SSSR count). The minimum absolute atomic E-state index is 0.269. The van der Waals surface area contributed by atoms with Gasteiger partial charge >= 0.3 is 0 Å². The van der Waals surface area contributed by atoms with Gasteiger partial charge < -0.3 is 10.2 Å². The molecule has 3 heterocycles. The number of benzene rings is 1. The largest absolute Gasteiger partial charge is 0.339 e. The number of likely N-dealkylation sites (N-methyl/N-ethyl adjacent to an activating group) is 1. The van der Waals surface area contributed by atoms with Crippen LogP contribution in [0.3, 0.4) is 0 Å².